The minimum Gasteiger partial charge on any atom is -0.497 e. The van der Waals surface area contributed by atoms with Gasteiger partial charge >= 0.3 is 0 Å². The van der Waals surface area contributed by atoms with E-state index in [-0.39, 0.29) is 0 Å². The molecule has 0 N–H and O–H groups in total. The van der Waals surface area contributed by atoms with Gasteiger partial charge in [-0.2, -0.15) is 0 Å². The molecule has 2 aromatic rings. The minimum atomic E-state index is 0.569. The Balaban J connectivity index is 2.38. The molecule has 0 fully saturated rings. The lowest BCUT2D eigenvalue weighted by molar-refractivity contribution is 0.324. The van der Waals surface area contributed by atoms with Gasteiger partial charge in [0.2, 0.25) is 5.75 Å². The Labute approximate surface area is 142 Å². The summed E-state index contributed by atoms with van der Waals surface area (Å²) in [6, 6.07) is 9.43. The van der Waals surface area contributed by atoms with Crippen LogP contribution in [0.5, 0.6) is 28.7 Å². The van der Waals surface area contributed by atoms with Crippen molar-refractivity contribution < 1.29 is 23.7 Å². The Kier molecular flexibility index (Phi) is 5.95. The molecule has 0 aliphatic heterocycles. The van der Waals surface area contributed by atoms with Crippen LogP contribution >= 0.6 is 0 Å². The van der Waals surface area contributed by atoms with E-state index < -0.39 is 0 Å². The SMILES string of the molecule is COc1ccc(/C=C/c2cc(OC)c(OC)c(OC)c2)c(OC)c1. The first-order chi connectivity index (χ1) is 11.7. The van der Waals surface area contributed by atoms with Gasteiger partial charge in [0, 0.05) is 11.6 Å². The lowest BCUT2D eigenvalue weighted by Crippen LogP contribution is -1.95. The number of hydrogen-bond acceptors (Lipinski definition) is 5. The zero-order chi connectivity index (χ0) is 17.5. The zero-order valence-electron chi connectivity index (χ0n) is 14.6. The van der Waals surface area contributed by atoms with Crippen molar-refractivity contribution in [3.8, 4) is 28.7 Å². The van der Waals surface area contributed by atoms with E-state index in [4.69, 9.17) is 23.7 Å². The van der Waals surface area contributed by atoms with Gasteiger partial charge in [0.15, 0.2) is 11.5 Å². The molecular formula is C19H22O5. The molecule has 2 rings (SSSR count). The third-order valence-corrected chi connectivity index (χ3v) is 3.58. The molecule has 5 nitrogen and oxygen atoms in total. The number of rotatable bonds is 7. The summed E-state index contributed by atoms with van der Waals surface area (Å²) in [6.45, 7) is 0. The van der Waals surface area contributed by atoms with Gasteiger partial charge in [0.05, 0.1) is 35.5 Å². The highest BCUT2D eigenvalue weighted by atomic mass is 16.5. The smallest absolute Gasteiger partial charge is 0.203 e. The van der Waals surface area contributed by atoms with Crippen molar-refractivity contribution in [2.45, 2.75) is 0 Å². The third kappa shape index (κ3) is 3.74. The van der Waals surface area contributed by atoms with Crippen molar-refractivity contribution in [3.63, 3.8) is 0 Å². The van der Waals surface area contributed by atoms with E-state index in [9.17, 15) is 0 Å². The quantitative estimate of drug-likeness (QED) is 0.721. The summed E-state index contributed by atoms with van der Waals surface area (Å²) in [6.07, 6.45) is 3.91. The van der Waals surface area contributed by atoms with E-state index in [0.717, 1.165) is 22.6 Å². The molecule has 0 spiro atoms. The average Bonchev–Trinajstić information content (AvgIpc) is 2.64. The van der Waals surface area contributed by atoms with Gasteiger partial charge in [-0.05, 0) is 29.8 Å². The van der Waals surface area contributed by atoms with Gasteiger partial charge in [-0.15, -0.1) is 0 Å². The lowest BCUT2D eigenvalue weighted by Gasteiger charge is -2.13. The molecule has 2 aromatic carbocycles. The minimum absolute atomic E-state index is 0.569. The van der Waals surface area contributed by atoms with Crippen LogP contribution in [-0.4, -0.2) is 35.5 Å². The van der Waals surface area contributed by atoms with Crippen LogP contribution in [0, 0.1) is 0 Å². The maximum atomic E-state index is 5.40. The van der Waals surface area contributed by atoms with Crippen LogP contribution in [0.4, 0.5) is 0 Å². The molecule has 0 unspecified atom stereocenters. The highest BCUT2D eigenvalue weighted by Crippen LogP contribution is 2.38. The van der Waals surface area contributed by atoms with Crippen molar-refractivity contribution in [1.82, 2.24) is 0 Å². The molecule has 24 heavy (non-hydrogen) atoms. The van der Waals surface area contributed by atoms with Crippen LogP contribution in [0.1, 0.15) is 11.1 Å². The maximum Gasteiger partial charge on any atom is 0.203 e. The Bertz CT molecular complexity index is 697. The fraction of sp³-hybridized carbons (Fsp3) is 0.263. The molecule has 0 atom stereocenters. The van der Waals surface area contributed by atoms with E-state index in [1.807, 2.05) is 42.5 Å². The predicted octanol–water partition coefficient (Wildman–Crippen LogP) is 3.90. The van der Waals surface area contributed by atoms with Crippen LogP contribution < -0.4 is 23.7 Å². The third-order valence-electron chi connectivity index (χ3n) is 3.58. The number of ether oxygens (including phenoxy) is 5. The first-order valence-corrected chi connectivity index (χ1v) is 7.37. The van der Waals surface area contributed by atoms with Crippen LogP contribution in [0.15, 0.2) is 30.3 Å². The lowest BCUT2D eigenvalue weighted by atomic mass is 10.1. The monoisotopic (exact) mass is 330 g/mol. The summed E-state index contributed by atoms with van der Waals surface area (Å²) in [5, 5.41) is 0. The molecule has 0 heterocycles. The highest BCUT2D eigenvalue weighted by Gasteiger charge is 2.12. The van der Waals surface area contributed by atoms with Crippen molar-refractivity contribution >= 4 is 12.2 Å². The van der Waals surface area contributed by atoms with Crippen LogP contribution in [0.2, 0.25) is 0 Å². The zero-order valence-corrected chi connectivity index (χ0v) is 14.6. The predicted molar refractivity (Wildman–Crippen MR) is 94.6 cm³/mol. The van der Waals surface area contributed by atoms with E-state index in [0.29, 0.717) is 17.2 Å². The molecule has 128 valence electrons. The summed E-state index contributed by atoms with van der Waals surface area (Å²) in [5.41, 5.74) is 1.86. The first-order valence-electron chi connectivity index (χ1n) is 7.37. The van der Waals surface area contributed by atoms with Gasteiger partial charge in [0.1, 0.15) is 11.5 Å². The Hall–Kier alpha value is -2.82. The standard InChI is InChI=1S/C19H22O5/c1-20-15-9-8-14(16(12-15)21-2)7-6-13-10-17(22-3)19(24-5)18(11-13)23-4/h6-12H,1-5H3/b7-6+. The number of benzene rings is 2. The molecule has 0 saturated heterocycles. The average molecular weight is 330 g/mol. The fourth-order valence-corrected chi connectivity index (χ4v) is 2.34. The van der Waals surface area contributed by atoms with E-state index in [1.165, 1.54) is 0 Å². The summed E-state index contributed by atoms with van der Waals surface area (Å²) >= 11 is 0. The Morgan fingerprint density at radius 2 is 1.25 bits per heavy atom. The maximum absolute atomic E-state index is 5.40. The second kappa shape index (κ2) is 8.15. The summed E-state index contributed by atoms with van der Waals surface area (Å²) in [7, 11) is 8.03. The van der Waals surface area contributed by atoms with E-state index in [1.54, 1.807) is 35.5 Å². The van der Waals surface area contributed by atoms with Gasteiger partial charge in [-0.25, -0.2) is 0 Å². The van der Waals surface area contributed by atoms with Crippen molar-refractivity contribution in [3.05, 3.63) is 41.5 Å². The summed E-state index contributed by atoms with van der Waals surface area (Å²) in [5.74, 6) is 3.27. The van der Waals surface area contributed by atoms with Crippen molar-refractivity contribution in [2.24, 2.45) is 0 Å². The van der Waals surface area contributed by atoms with Gasteiger partial charge in [-0.3, -0.25) is 0 Å². The van der Waals surface area contributed by atoms with E-state index >= 15 is 0 Å². The fourth-order valence-electron chi connectivity index (χ4n) is 2.34. The second-order valence-electron chi connectivity index (χ2n) is 4.90. The molecular weight excluding hydrogens is 308 g/mol. The number of methoxy groups -OCH3 is 5. The Morgan fingerprint density at radius 3 is 1.75 bits per heavy atom. The normalized spacial score (nSPS) is 10.5. The number of hydrogen-bond donors (Lipinski definition) is 0. The first kappa shape index (κ1) is 17.5. The summed E-state index contributed by atoms with van der Waals surface area (Å²) in [4.78, 5) is 0. The van der Waals surface area contributed by atoms with Crippen molar-refractivity contribution in [2.75, 3.05) is 35.5 Å². The molecule has 5 heteroatoms. The molecule has 0 amide bonds. The molecule has 0 aromatic heterocycles. The van der Waals surface area contributed by atoms with Gasteiger partial charge in [-0.1, -0.05) is 12.2 Å². The van der Waals surface area contributed by atoms with Crippen molar-refractivity contribution in [1.29, 1.82) is 0 Å². The molecule has 0 saturated carbocycles. The topological polar surface area (TPSA) is 46.2 Å². The highest BCUT2D eigenvalue weighted by molar-refractivity contribution is 5.75. The largest absolute Gasteiger partial charge is 0.497 e. The second-order valence-corrected chi connectivity index (χ2v) is 4.90. The van der Waals surface area contributed by atoms with Gasteiger partial charge < -0.3 is 23.7 Å². The van der Waals surface area contributed by atoms with Crippen LogP contribution in [0.25, 0.3) is 12.2 Å². The Morgan fingerprint density at radius 1 is 0.625 bits per heavy atom. The molecule has 0 aliphatic rings. The van der Waals surface area contributed by atoms with Crippen LogP contribution in [-0.2, 0) is 0 Å². The molecule has 0 aliphatic carbocycles. The van der Waals surface area contributed by atoms with Gasteiger partial charge in [0.25, 0.3) is 0 Å². The summed E-state index contributed by atoms with van der Waals surface area (Å²) < 4.78 is 26.7. The van der Waals surface area contributed by atoms with E-state index in [2.05, 4.69) is 0 Å². The molecule has 0 bridgehead atoms. The van der Waals surface area contributed by atoms with Crippen LogP contribution in [0.3, 0.4) is 0 Å². The molecule has 0 radical (unpaired) electrons.